The predicted octanol–water partition coefficient (Wildman–Crippen LogP) is 3.03. The molecule has 5 nitrogen and oxygen atoms in total. The van der Waals surface area contributed by atoms with E-state index in [1.54, 1.807) is 6.07 Å². The number of likely N-dealkylation sites (tertiary alicyclic amines) is 1. The van der Waals surface area contributed by atoms with Gasteiger partial charge < -0.3 is 18.8 Å². The van der Waals surface area contributed by atoms with Crippen molar-refractivity contribution in [3.8, 4) is 0 Å². The fraction of sp³-hybridized carbons (Fsp3) is 0.737. The fourth-order valence-corrected chi connectivity index (χ4v) is 4.09. The molecule has 3 heterocycles. The van der Waals surface area contributed by atoms with Gasteiger partial charge >= 0.3 is 0 Å². The van der Waals surface area contributed by atoms with E-state index in [9.17, 15) is 4.79 Å². The maximum atomic E-state index is 12.8. The maximum Gasteiger partial charge on any atom is 0.289 e. The van der Waals surface area contributed by atoms with E-state index >= 15 is 0 Å². The number of carbonyl (C=O) groups excluding carboxylic acids is 1. The lowest BCUT2D eigenvalue weighted by atomic mass is 9.73. The SMILES string of the molecule is Cc1ccc(C(=O)N2CCC3OCCCC3(COCC3CC3)C2)o1. The quantitative estimate of drug-likeness (QED) is 0.831. The standard InChI is InChI=1S/C19H27NO4/c1-14-3-6-16(24-14)18(21)20-9-7-17-19(12-20,8-2-10-23-17)13-22-11-15-4-5-15/h3,6,15,17H,2,4-5,7-13H2,1H3. The summed E-state index contributed by atoms with van der Waals surface area (Å²) in [5.41, 5.74) is -0.0529. The summed E-state index contributed by atoms with van der Waals surface area (Å²) in [6.45, 7) is 5.70. The Bertz CT molecular complexity index is 594. The number of furan rings is 1. The van der Waals surface area contributed by atoms with Gasteiger partial charge in [-0.3, -0.25) is 4.79 Å². The molecule has 1 amide bonds. The van der Waals surface area contributed by atoms with E-state index in [4.69, 9.17) is 13.9 Å². The van der Waals surface area contributed by atoms with Crippen LogP contribution >= 0.6 is 0 Å². The van der Waals surface area contributed by atoms with E-state index in [2.05, 4.69) is 0 Å². The molecular weight excluding hydrogens is 306 g/mol. The molecule has 0 spiro atoms. The zero-order valence-electron chi connectivity index (χ0n) is 14.5. The van der Waals surface area contributed by atoms with Gasteiger partial charge in [0.2, 0.25) is 0 Å². The first kappa shape index (κ1) is 16.2. The summed E-state index contributed by atoms with van der Waals surface area (Å²) in [6, 6.07) is 3.62. The number of rotatable bonds is 5. The summed E-state index contributed by atoms with van der Waals surface area (Å²) in [5, 5.41) is 0. The third-order valence-electron chi connectivity index (χ3n) is 5.67. The second-order valence-electron chi connectivity index (χ2n) is 7.71. The van der Waals surface area contributed by atoms with Gasteiger partial charge in [0, 0.05) is 31.7 Å². The number of hydrogen-bond donors (Lipinski definition) is 0. The highest BCUT2D eigenvalue weighted by atomic mass is 16.5. The molecule has 24 heavy (non-hydrogen) atoms. The number of ether oxygens (including phenoxy) is 2. The van der Waals surface area contributed by atoms with E-state index < -0.39 is 0 Å². The Hall–Kier alpha value is -1.33. The number of hydrogen-bond acceptors (Lipinski definition) is 4. The lowest BCUT2D eigenvalue weighted by Gasteiger charge is -2.50. The highest BCUT2D eigenvalue weighted by Crippen LogP contribution is 2.41. The molecule has 0 bridgehead atoms. The van der Waals surface area contributed by atoms with Crippen molar-refractivity contribution in [3.05, 3.63) is 23.7 Å². The van der Waals surface area contributed by atoms with Crippen molar-refractivity contribution in [1.82, 2.24) is 4.90 Å². The van der Waals surface area contributed by atoms with E-state index in [0.29, 0.717) is 18.9 Å². The first-order valence-corrected chi connectivity index (χ1v) is 9.21. The molecule has 132 valence electrons. The minimum absolute atomic E-state index is 0.00584. The molecule has 4 rings (SSSR count). The number of nitrogens with zero attached hydrogens (tertiary/aromatic N) is 1. The van der Waals surface area contributed by atoms with Crippen LogP contribution in [0.25, 0.3) is 0 Å². The zero-order valence-corrected chi connectivity index (χ0v) is 14.5. The van der Waals surface area contributed by atoms with Gasteiger partial charge in [-0.05, 0) is 57.1 Å². The highest BCUT2D eigenvalue weighted by molar-refractivity contribution is 5.91. The van der Waals surface area contributed by atoms with Crippen LogP contribution in [0.1, 0.15) is 48.4 Å². The molecule has 3 fully saturated rings. The average Bonchev–Trinajstić information content (AvgIpc) is 3.32. The number of piperidine rings is 1. The van der Waals surface area contributed by atoms with Crippen LogP contribution in [-0.4, -0.2) is 49.8 Å². The number of fused-ring (bicyclic) bond motifs is 1. The van der Waals surface area contributed by atoms with Crippen molar-refractivity contribution in [1.29, 1.82) is 0 Å². The largest absolute Gasteiger partial charge is 0.456 e. The van der Waals surface area contributed by atoms with E-state index in [1.165, 1.54) is 12.8 Å². The Kier molecular flexibility index (Phi) is 4.39. The Labute approximate surface area is 143 Å². The first-order chi connectivity index (χ1) is 11.7. The Morgan fingerprint density at radius 2 is 2.25 bits per heavy atom. The van der Waals surface area contributed by atoms with Gasteiger partial charge in [-0.2, -0.15) is 0 Å². The van der Waals surface area contributed by atoms with Crippen molar-refractivity contribution >= 4 is 5.91 Å². The molecule has 2 saturated heterocycles. The van der Waals surface area contributed by atoms with Crippen LogP contribution in [0.4, 0.5) is 0 Å². The predicted molar refractivity (Wildman–Crippen MR) is 88.9 cm³/mol. The Morgan fingerprint density at radius 1 is 1.38 bits per heavy atom. The van der Waals surface area contributed by atoms with Crippen LogP contribution in [0.15, 0.2) is 16.5 Å². The van der Waals surface area contributed by atoms with E-state index in [-0.39, 0.29) is 17.4 Å². The lowest BCUT2D eigenvalue weighted by molar-refractivity contribution is -0.147. The third kappa shape index (κ3) is 3.24. The highest BCUT2D eigenvalue weighted by Gasteiger charge is 2.47. The smallest absolute Gasteiger partial charge is 0.289 e. The molecule has 1 aliphatic carbocycles. The minimum Gasteiger partial charge on any atom is -0.456 e. The molecule has 0 N–H and O–H groups in total. The van der Waals surface area contributed by atoms with Gasteiger partial charge in [0.15, 0.2) is 5.76 Å². The second-order valence-corrected chi connectivity index (χ2v) is 7.71. The third-order valence-corrected chi connectivity index (χ3v) is 5.67. The molecule has 5 heteroatoms. The Morgan fingerprint density at radius 3 is 3.00 bits per heavy atom. The van der Waals surface area contributed by atoms with Gasteiger partial charge in [0.1, 0.15) is 5.76 Å². The molecule has 3 aliphatic rings. The molecule has 0 aromatic carbocycles. The normalized spacial score (nSPS) is 30.2. The first-order valence-electron chi connectivity index (χ1n) is 9.21. The van der Waals surface area contributed by atoms with Crippen LogP contribution in [0.3, 0.4) is 0 Å². The van der Waals surface area contributed by atoms with E-state index in [0.717, 1.165) is 50.7 Å². The van der Waals surface area contributed by atoms with Gasteiger partial charge in [-0.1, -0.05) is 0 Å². The molecule has 0 radical (unpaired) electrons. The van der Waals surface area contributed by atoms with Gasteiger partial charge in [0.25, 0.3) is 5.91 Å². The Balaban J connectivity index is 1.46. The summed E-state index contributed by atoms with van der Waals surface area (Å²) in [7, 11) is 0. The average molecular weight is 333 g/mol. The summed E-state index contributed by atoms with van der Waals surface area (Å²) in [6.07, 6.45) is 5.82. The van der Waals surface area contributed by atoms with Crippen molar-refractivity contribution in [3.63, 3.8) is 0 Å². The van der Waals surface area contributed by atoms with Crippen molar-refractivity contribution < 1.29 is 18.7 Å². The molecule has 2 atom stereocenters. The molecule has 1 aromatic rings. The number of amides is 1. The molecule has 2 unspecified atom stereocenters. The van der Waals surface area contributed by atoms with Crippen molar-refractivity contribution in [2.75, 3.05) is 32.9 Å². The zero-order chi connectivity index (χ0) is 16.6. The summed E-state index contributed by atoms with van der Waals surface area (Å²) >= 11 is 0. The second kappa shape index (κ2) is 6.52. The summed E-state index contributed by atoms with van der Waals surface area (Å²) < 4.78 is 17.6. The maximum absolute atomic E-state index is 12.8. The number of carbonyl (C=O) groups is 1. The van der Waals surface area contributed by atoms with Gasteiger partial charge in [-0.15, -0.1) is 0 Å². The minimum atomic E-state index is -0.0529. The summed E-state index contributed by atoms with van der Waals surface area (Å²) in [4.78, 5) is 14.7. The van der Waals surface area contributed by atoms with Gasteiger partial charge in [-0.25, -0.2) is 0 Å². The molecule has 1 aromatic heterocycles. The van der Waals surface area contributed by atoms with Gasteiger partial charge in [0.05, 0.1) is 12.7 Å². The molecular formula is C19H27NO4. The van der Waals surface area contributed by atoms with Crippen molar-refractivity contribution in [2.24, 2.45) is 11.3 Å². The van der Waals surface area contributed by atoms with Crippen LogP contribution in [-0.2, 0) is 9.47 Å². The van der Waals surface area contributed by atoms with E-state index in [1.807, 2.05) is 17.9 Å². The van der Waals surface area contributed by atoms with Crippen LogP contribution in [0.5, 0.6) is 0 Å². The fourth-order valence-electron chi connectivity index (χ4n) is 4.09. The number of aryl methyl sites for hydroxylation is 1. The van der Waals surface area contributed by atoms with Crippen LogP contribution < -0.4 is 0 Å². The lowest BCUT2D eigenvalue weighted by Crippen LogP contribution is -2.58. The van der Waals surface area contributed by atoms with Crippen molar-refractivity contribution in [2.45, 2.75) is 45.1 Å². The van der Waals surface area contributed by atoms with Crippen LogP contribution in [0, 0.1) is 18.3 Å². The monoisotopic (exact) mass is 333 g/mol. The molecule has 2 aliphatic heterocycles. The topological polar surface area (TPSA) is 51.9 Å². The molecule has 1 saturated carbocycles. The summed E-state index contributed by atoms with van der Waals surface area (Å²) in [5.74, 6) is 1.97. The van der Waals surface area contributed by atoms with Crippen LogP contribution in [0.2, 0.25) is 0 Å².